The molecule has 180 valence electrons. The van der Waals surface area contributed by atoms with Gasteiger partial charge in [-0.3, -0.25) is 0 Å². The summed E-state index contributed by atoms with van der Waals surface area (Å²) in [5, 5.41) is 97.4. The molecule has 10 N–H and O–H groups in total. The molecule has 31 heavy (non-hydrogen) atoms. The van der Waals surface area contributed by atoms with Crippen LogP contribution in [-0.2, 0) is 23.8 Å². The van der Waals surface area contributed by atoms with Crippen LogP contribution in [0.2, 0.25) is 0 Å². The average molecular weight is 458 g/mol. The minimum Gasteiger partial charge on any atom is -0.477 e. The predicted octanol–water partition coefficient (Wildman–Crippen LogP) is -5.71. The van der Waals surface area contributed by atoms with Gasteiger partial charge in [0.05, 0.1) is 25.4 Å². The van der Waals surface area contributed by atoms with Gasteiger partial charge in [-0.15, -0.1) is 0 Å². The first-order valence-electron chi connectivity index (χ1n) is 9.16. The Bertz CT molecular complexity index is 659. The standard InChI is InChI=1S/C16H26O15/c17-3-6(20)11-9(22)5(19)1-16(31-11,14(26)27)29-8-2-15(28,13(24)25)30-12(10(8)23)7(21)4-18/h5-12,17-23,28H,1-4H2,(H,24,25)(H,26,27)/t5-,6-,7-,8-,9-,10-,11-,12-,15?,16?/m1/s1. The smallest absolute Gasteiger partial charge is 0.364 e. The lowest BCUT2D eigenvalue weighted by molar-refractivity contribution is -0.369. The van der Waals surface area contributed by atoms with Gasteiger partial charge in [-0.2, -0.15) is 0 Å². The molecular formula is C16H26O15. The molecule has 2 rings (SSSR count). The highest BCUT2D eigenvalue weighted by Gasteiger charge is 2.59. The molecule has 0 amide bonds. The van der Waals surface area contributed by atoms with Gasteiger partial charge in [0.2, 0.25) is 0 Å². The summed E-state index contributed by atoms with van der Waals surface area (Å²) in [4.78, 5) is 23.4. The molecule has 2 aliphatic rings. The molecule has 10 atom stereocenters. The maximum atomic E-state index is 12.0. The first-order valence-corrected chi connectivity index (χ1v) is 9.16. The summed E-state index contributed by atoms with van der Waals surface area (Å²) in [6.07, 6.45) is -17.2. The van der Waals surface area contributed by atoms with Crippen molar-refractivity contribution >= 4 is 11.9 Å². The van der Waals surface area contributed by atoms with Crippen LogP contribution in [0.25, 0.3) is 0 Å². The Morgan fingerprint density at radius 1 is 0.903 bits per heavy atom. The van der Waals surface area contributed by atoms with Crippen LogP contribution in [0.4, 0.5) is 0 Å². The summed E-state index contributed by atoms with van der Waals surface area (Å²) < 4.78 is 15.2. The molecule has 0 bridgehead atoms. The molecule has 0 aromatic rings. The zero-order valence-electron chi connectivity index (χ0n) is 16.0. The molecule has 2 heterocycles. The summed E-state index contributed by atoms with van der Waals surface area (Å²) in [6, 6.07) is 0. The van der Waals surface area contributed by atoms with Crippen LogP contribution < -0.4 is 0 Å². The molecular weight excluding hydrogens is 432 g/mol. The number of carboxylic acids is 2. The minimum atomic E-state index is -3.07. The predicted molar refractivity (Wildman–Crippen MR) is 91.0 cm³/mol. The van der Waals surface area contributed by atoms with E-state index < -0.39 is 98.4 Å². The lowest BCUT2D eigenvalue weighted by Crippen LogP contribution is -2.67. The molecule has 2 fully saturated rings. The minimum absolute atomic E-state index is 0.957. The van der Waals surface area contributed by atoms with Crippen LogP contribution >= 0.6 is 0 Å². The van der Waals surface area contributed by atoms with E-state index in [9.17, 15) is 50.4 Å². The van der Waals surface area contributed by atoms with Crippen LogP contribution in [0.3, 0.4) is 0 Å². The van der Waals surface area contributed by atoms with Crippen molar-refractivity contribution in [3.63, 3.8) is 0 Å². The van der Waals surface area contributed by atoms with Crippen molar-refractivity contribution in [1.82, 2.24) is 0 Å². The Morgan fingerprint density at radius 2 is 1.42 bits per heavy atom. The number of aliphatic hydroxyl groups is 8. The van der Waals surface area contributed by atoms with E-state index in [2.05, 4.69) is 0 Å². The van der Waals surface area contributed by atoms with Gasteiger partial charge < -0.3 is 65.3 Å². The Balaban J connectivity index is 2.41. The van der Waals surface area contributed by atoms with Gasteiger partial charge >= 0.3 is 11.9 Å². The zero-order valence-corrected chi connectivity index (χ0v) is 16.0. The second-order valence-corrected chi connectivity index (χ2v) is 7.43. The number of hydrogen-bond donors (Lipinski definition) is 10. The third-order valence-electron chi connectivity index (χ3n) is 5.20. The first-order chi connectivity index (χ1) is 14.3. The highest BCUT2D eigenvalue weighted by Crippen LogP contribution is 2.38. The number of rotatable bonds is 8. The molecule has 0 aromatic heterocycles. The Hall–Kier alpha value is -1.50. The summed E-state index contributed by atoms with van der Waals surface area (Å²) in [5.74, 6) is -9.83. The van der Waals surface area contributed by atoms with Gasteiger partial charge in [-0.05, 0) is 0 Å². The van der Waals surface area contributed by atoms with E-state index in [4.69, 9.17) is 24.4 Å². The molecule has 15 nitrogen and oxygen atoms in total. The van der Waals surface area contributed by atoms with Crippen LogP contribution in [0.15, 0.2) is 0 Å². The van der Waals surface area contributed by atoms with E-state index in [-0.39, 0.29) is 0 Å². The lowest BCUT2D eigenvalue weighted by Gasteiger charge is -2.48. The Kier molecular flexibility index (Phi) is 7.94. The van der Waals surface area contributed by atoms with Gasteiger partial charge in [0.25, 0.3) is 11.6 Å². The summed E-state index contributed by atoms with van der Waals surface area (Å²) in [7, 11) is 0. The van der Waals surface area contributed by atoms with Crippen molar-refractivity contribution in [2.45, 2.75) is 73.2 Å². The number of carbonyl (C=O) groups is 2. The number of carboxylic acid groups (broad SMARTS) is 2. The van der Waals surface area contributed by atoms with Crippen LogP contribution in [-0.4, -0.2) is 137 Å². The SMILES string of the molecule is O=C(O)C1(O)C[C@@H](OC2(C(=O)O)C[C@@H](O)[C@@H](O)[C@@H]([C@H](O)CO)O2)[C@@H](O)[C@@H]([C@H](O)CO)O1. The molecule has 0 spiro atoms. The maximum Gasteiger partial charge on any atom is 0.364 e. The van der Waals surface area contributed by atoms with Gasteiger partial charge in [-0.25, -0.2) is 9.59 Å². The molecule has 2 saturated heterocycles. The van der Waals surface area contributed by atoms with Crippen molar-refractivity contribution in [2.75, 3.05) is 13.2 Å². The lowest BCUT2D eigenvalue weighted by atomic mass is 9.90. The van der Waals surface area contributed by atoms with Gasteiger partial charge in [0, 0.05) is 12.8 Å². The topological polar surface area (TPSA) is 264 Å². The van der Waals surface area contributed by atoms with E-state index in [1.807, 2.05) is 0 Å². The van der Waals surface area contributed by atoms with E-state index >= 15 is 0 Å². The summed E-state index contributed by atoms with van der Waals surface area (Å²) in [5.41, 5.74) is 0. The molecule has 0 radical (unpaired) electrons. The zero-order chi connectivity index (χ0) is 23.7. The monoisotopic (exact) mass is 458 g/mol. The fourth-order valence-corrected chi connectivity index (χ4v) is 3.48. The molecule has 2 unspecified atom stereocenters. The number of hydrogen-bond acceptors (Lipinski definition) is 13. The van der Waals surface area contributed by atoms with Crippen molar-refractivity contribution in [1.29, 1.82) is 0 Å². The van der Waals surface area contributed by atoms with Crippen LogP contribution in [0.1, 0.15) is 12.8 Å². The van der Waals surface area contributed by atoms with Crippen molar-refractivity contribution in [3.05, 3.63) is 0 Å². The quantitative estimate of drug-likeness (QED) is 0.162. The number of aliphatic hydroxyl groups excluding tert-OH is 7. The molecule has 0 aliphatic carbocycles. The maximum absolute atomic E-state index is 12.0. The fourth-order valence-electron chi connectivity index (χ4n) is 3.48. The molecule has 0 saturated carbocycles. The summed E-state index contributed by atoms with van der Waals surface area (Å²) in [6.45, 7) is -2.02. The molecule has 2 aliphatic heterocycles. The molecule has 15 heteroatoms. The number of aliphatic carboxylic acids is 2. The first kappa shape index (κ1) is 25.8. The van der Waals surface area contributed by atoms with Crippen LogP contribution in [0, 0.1) is 0 Å². The summed E-state index contributed by atoms with van der Waals surface area (Å²) >= 11 is 0. The Labute approximate surface area is 174 Å². The van der Waals surface area contributed by atoms with Crippen molar-refractivity contribution < 1.29 is 74.9 Å². The highest BCUT2D eigenvalue weighted by atomic mass is 16.7. The van der Waals surface area contributed by atoms with E-state index in [1.165, 1.54) is 0 Å². The molecule has 0 aromatic carbocycles. The normalized spacial score (nSPS) is 43.2. The third kappa shape index (κ3) is 4.96. The van der Waals surface area contributed by atoms with Gasteiger partial charge in [0.15, 0.2) is 0 Å². The van der Waals surface area contributed by atoms with Gasteiger partial charge in [-0.1, -0.05) is 0 Å². The number of ether oxygens (including phenoxy) is 3. The van der Waals surface area contributed by atoms with E-state index in [1.54, 1.807) is 0 Å². The van der Waals surface area contributed by atoms with Gasteiger partial charge in [0.1, 0.15) is 36.6 Å². The Morgan fingerprint density at radius 3 is 1.87 bits per heavy atom. The average Bonchev–Trinajstić information content (AvgIpc) is 2.71. The van der Waals surface area contributed by atoms with E-state index in [0.29, 0.717) is 0 Å². The van der Waals surface area contributed by atoms with Crippen molar-refractivity contribution in [3.8, 4) is 0 Å². The second kappa shape index (κ2) is 9.55. The van der Waals surface area contributed by atoms with E-state index in [0.717, 1.165) is 0 Å². The fraction of sp³-hybridized carbons (Fsp3) is 0.875. The van der Waals surface area contributed by atoms with Crippen molar-refractivity contribution in [2.24, 2.45) is 0 Å². The second-order valence-electron chi connectivity index (χ2n) is 7.43. The van der Waals surface area contributed by atoms with Crippen LogP contribution in [0.5, 0.6) is 0 Å². The highest BCUT2D eigenvalue weighted by molar-refractivity contribution is 5.76. The largest absolute Gasteiger partial charge is 0.477 e. The third-order valence-corrected chi connectivity index (χ3v) is 5.20.